The first-order valence-electron chi connectivity index (χ1n) is 6.60. The van der Waals surface area contributed by atoms with Crippen molar-refractivity contribution in [3.63, 3.8) is 0 Å². The van der Waals surface area contributed by atoms with Gasteiger partial charge in [0.15, 0.2) is 0 Å². The highest BCUT2D eigenvalue weighted by Crippen LogP contribution is 2.45. The quantitative estimate of drug-likeness (QED) is 0.800. The fraction of sp³-hybridized carbons (Fsp3) is 0.500. The minimum Gasteiger partial charge on any atom is -0.399 e. The van der Waals surface area contributed by atoms with E-state index in [1.165, 1.54) is 43.4 Å². The zero-order chi connectivity index (χ0) is 11.4. The number of nitrogens with two attached hydrogens (primary N) is 1. The van der Waals surface area contributed by atoms with Crippen molar-refractivity contribution < 1.29 is 0 Å². The van der Waals surface area contributed by atoms with Crippen molar-refractivity contribution in [2.24, 2.45) is 0 Å². The molecular formula is C14H17N3. The molecule has 2 saturated carbocycles. The number of nitrogens with zero attached hydrogens (tertiary/aromatic N) is 2. The number of rotatable bonds is 2. The molecule has 1 aromatic carbocycles. The van der Waals surface area contributed by atoms with E-state index in [9.17, 15) is 0 Å². The lowest BCUT2D eigenvalue weighted by atomic mass is 9.92. The Bertz CT molecular complexity index is 576. The Labute approximate surface area is 101 Å². The van der Waals surface area contributed by atoms with Crippen LogP contribution in [0.1, 0.15) is 49.9 Å². The van der Waals surface area contributed by atoms with Crippen LogP contribution in [-0.2, 0) is 0 Å². The summed E-state index contributed by atoms with van der Waals surface area (Å²) in [6, 6.07) is 6.84. The van der Waals surface area contributed by atoms with Gasteiger partial charge in [-0.3, -0.25) is 0 Å². The summed E-state index contributed by atoms with van der Waals surface area (Å²) in [6.45, 7) is 0. The molecule has 0 spiro atoms. The zero-order valence-corrected chi connectivity index (χ0v) is 9.89. The smallest absolute Gasteiger partial charge is 0.113 e. The van der Waals surface area contributed by atoms with Crippen LogP contribution in [0.5, 0.6) is 0 Å². The van der Waals surface area contributed by atoms with Crippen LogP contribution in [0.25, 0.3) is 11.0 Å². The number of aromatic nitrogens is 2. The van der Waals surface area contributed by atoms with Crippen molar-refractivity contribution in [3.05, 3.63) is 24.0 Å². The summed E-state index contributed by atoms with van der Waals surface area (Å²) in [5.41, 5.74) is 9.03. The molecular weight excluding hydrogens is 210 g/mol. The van der Waals surface area contributed by atoms with E-state index in [-0.39, 0.29) is 0 Å². The van der Waals surface area contributed by atoms with E-state index in [0.29, 0.717) is 12.0 Å². The van der Waals surface area contributed by atoms with E-state index in [1.54, 1.807) is 0 Å². The lowest BCUT2D eigenvalue weighted by Crippen LogP contribution is -2.18. The molecule has 0 unspecified atom stereocenters. The maximum absolute atomic E-state index is 5.85. The van der Waals surface area contributed by atoms with Crippen LogP contribution in [0.2, 0.25) is 0 Å². The standard InChI is InChI=1S/C14H17N3/c15-10-6-7-13-12(8-10)16-14(9-4-5-9)17(13)11-2-1-3-11/h6-9,11H,1-5,15H2. The summed E-state index contributed by atoms with van der Waals surface area (Å²) in [5.74, 6) is 2.03. The second-order valence-electron chi connectivity index (χ2n) is 5.45. The van der Waals surface area contributed by atoms with Crippen LogP contribution in [0.15, 0.2) is 18.2 Å². The van der Waals surface area contributed by atoms with E-state index < -0.39 is 0 Å². The third-order valence-corrected chi connectivity index (χ3v) is 4.12. The normalized spacial score (nSPS) is 20.7. The Hall–Kier alpha value is -1.51. The van der Waals surface area contributed by atoms with Crippen molar-refractivity contribution >= 4 is 16.7 Å². The molecule has 4 rings (SSSR count). The fourth-order valence-electron chi connectivity index (χ4n) is 2.79. The Morgan fingerprint density at radius 2 is 2.00 bits per heavy atom. The largest absolute Gasteiger partial charge is 0.399 e. The van der Waals surface area contributed by atoms with E-state index in [0.717, 1.165) is 11.2 Å². The molecule has 2 aromatic rings. The Morgan fingerprint density at radius 1 is 1.18 bits per heavy atom. The van der Waals surface area contributed by atoms with Gasteiger partial charge in [-0.1, -0.05) is 0 Å². The minimum absolute atomic E-state index is 0.694. The third-order valence-electron chi connectivity index (χ3n) is 4.12. The van der Waals surface area contributed by atoms with Crippen molar-refractivity contribution in [1.82, 2.24) is 9.55 Å². The highest BCUT2D eigenvalue weighted by atomic mass is 15.1. The van der Waals surface area contributed by atoms with Gasteiger partial charge in [0.25, 0.3) is 0 Å². The Balaban J connectivity index is 1.95. The van der Waals surface area contributed by atoms with Crippen molar-refractivity contribution in [2.75, 3.05) is 5.73 Å². The van der Waals surface area contributed by atoms with Gasteiger partial charge in [-0.05, 0) is 50.3 Å². The maximum Gasteiger partial charge on any atom is 0.113 e. The van der Waals surface area contributed by atoms with Gasteiger partial charge in [0.1, 0.15) is 5.82 Å². The molecule has 0 amide bonds. The first kappa shape index (κ1) is 9.51. The monoisotopic (exact) mass is 227 g/mol. The Kier molecular flexibility index (Phi) is 1.82. The fourth-order valence-corrected chi connectivity index (χ4v) is 2.79. The van der Waals surface area contributed by atoms with Gasteiger partial charge in [-0.15, -0.1) is 0 Å². The second kappa shape index (κ2) is 3.25. The van der Waals surface area contributed by atoms with E-state index in [4.69, 9.17) is 10.7 Å². The van der Waals surface area contributed by atoms with Gasteiger partial charge in [0.2, 0.25) is 0 Å². The summed E-state index contributed by atoms with van der Waals surface area (Å²) in [5, 5.41) is 0. The summed E-state index contributed by atoms with van der Waals surface area (Å²) >= 11 is 0. The predicted molar refractivity (Wildman–Crippen MR) is 69.0 cm³/mol. The highest BCUT2D eigenvalue weighted by molar-refractivity contribution is 5.80. The molecule has 2 aliphatic rings. The van der Waals surface area contributed by atoms with Gasteiger partial charge < -0.3 is 10.3 Å². The molecule has 1 heterocycles. The molecule has 17 heavy (non-hydrogen) atoms. The van der Waals surface area contributed by atoms with Crippen LogP contribution in [-0.4, -0.2) is 9.55 Å². The van der Waals surface area contributed by atoms with Gasteiger partial charge in [0.05, 0.1) is 11.0 Å². The molecule has 2 N–H and O–H groups in total. The number of fused-ring (bicyclic) bond motifs is 1. The van der Waals surface area contributed by atoms with Gasteiger partial charge in [-0.2, -0.15) is 0 Å². The van der Waals surface area contributed by atoms with E-state index >= 15 is 0 Å². The van der Waals surface area contributed by atoms with Crippen molar-refractivity contribution in [3.8, 4) is 0 Å². The van der Waals surface area contributed by atoms with Crippen molar-refractivity contribution in [2.45, 2.75) is 44.1 Å². The van der Waals surface area contributed by atoms with Crippen LogP contribution >= 0.6 is 0 Å². The lowest BCUT2D eigenvalue weighted by Gasteiger charge is -2.29. The Morgan fingerprint density at radius 3 is 2.65 bits per heavy atom. The second-order valence-corrected chi connectivity index (χ2v) is 5.45. The molecule has 3 nitrogen and oxygen atoms in total. The highest BCUT2D eigenvalue weighted by Gasteiger charge is 2.33. The molecule has 0 atom stereocenters. The van der Waals surface area contributed by atoms with Gasteiger partial charge in [0, 0.05) is 17.6 Å². The third kappa shape index (κ3) is 1.38. The van der Waals surface area contributed by atoms with E-state index in [1.807, 2.05) is 12.1 Å². The number of anilines is 1. The zero-order valence-electron chi connectivity index (χ0n) is 9.89. The maximum atomic E-state index is 5.85. The molecule has 0 radical (unpaired) electrons. The average molecular weight is 227 g/mol. The van der Waals surface area contributed by atoms with Gasteiger partial charge in [-0.25, -0.2) is 4.98 Å². The predicted octanol–water partition coefficient (Wildman–Crippen LogP) is 3.22. The SMILES string of the molecule is Nc1ccc2c(c1)nc(C1CC1)n2C1CCC1. The molecule has 1 aromatic heterocycles. The molecule has 88 valence electrons. The summed E-state index contributed by atoms with van der Waals surface area (Å²) in [7, 11) is 0. The number of benzene rings is 1. The molecule has 0 aliphatic heterocycles. The number of hydrogen-bond donors (Lipinski definition) is 1. The molecule has 3 heteroatoms. The van der Waals surface area contributed by atoms with Crippen molar-refractivity contribution in [1.29, 1.82) is 0 Å². The summed E-state index contributed by atoms with van der Waals surface area (Å²) in [6.07, 6.45) is 6.62. The summed E-state index contributed by atoms with van der Waals surface area (Å²) < 4.78 is 2.50. The first-order valence-corrected chi connectivity index (χ1v) is 6.60. The first-order chi connectivity index (χ1) is 8.33. The van der Waals surface area contributed by atoms with Gasteiger partial charge >= 0.3 is 0 Å². The molecule has 2 aliphatic carbocycles. The van der Waals surface area contributed by atoms with Crippen LogP contribution in [0.3, 0.4) is 0 Å². The molecule has 0 saturated heterocycles. The van der Waals surface area contributed by atoms with Crippen LogP contribution in [0.4, 0.5) is 5.69 Å². The van der Waals surface area contributed by atoms with Crippen LogP contribution < -0.4 is 5.73 Å². The van der Waals surface area contributed by atoms with Crippen LogP contribution in [0, 0.1) is 0 Å². The average Bonchev–Trinajstić information content (AvgIpc) is 3.01. The minimum atomic E-state index is 0.694. The van der Waals surface area contributed by atoms with E-state index in [2.05, 4.69) is 10.6 Å². The number of nitrogen functional groups attached to an aromatic ring is 1. The molecule has 0 bridgehead atoms. The summed E-state index contributed by atoms with van der Waals surface area (Å²) in [4.78, 5) is 4.82. The number of imidazole rings is 1. The molecule has 2 fully saturated rings. The number of hydrogen-bond acceptors (Lipinski definition) is 2. The lowest BCUT2D eigenvalue weighted by molar-refractivity contribution is 0.313. The topological polar surface area (TPSA) is 43.8 Å².